The van der Waals surface area contributed by atoms with E-state index in [1.54, 1.807) is 17.7 Å². The lowest BCUT2D eigenvalue weighted by Crippen LogP contribution is -2.21. The Morgan fingerprint density at radius 3 is 2.91 bits per heavy atom. The van der Waals surface area contributed by atoms with E-state index in [0.29, 0.717) is 17.2 Å². The molecule has 23 heavy (non-hydrogen) atoms. The number of carbonyl (C=O) groups is 1. The molecule has 4 rings (SSSR count). The second-order valence-corrected chi connectivity index (χ2v) is 6.62. The van der Waals surface area contributed by atoms with Crippen LogP contribution in [0.25, 0.3) is 0 Å². The molecular formula is C18H20N4O. The number of amides is 1. The minimum absolute atomic E-state index is 0.194. The van der Waals surface area contributed by atoms with Crippen LogP contribution in [0.5, 0.6) is 0 Å². The molecule has 2 unspecified atom stereocenters. The molecular weight excluding hydrogens is 288 g/mol. The van der Waals surface area contributed by atoms with Crippen LogP contribution in [0.3, 0.4) is 0 Å². The Morgan fingerprint density at radius 2 is 2.13 bits per heavy atom. The lowest BCUT2D eigenvalue weighted by molar-refractivity contribution is 0.0994. The average Bonchev–Trinajstić information content (AvgIpc) is 3.27. The SMILES string of the molecule is NC(=O)c1ccc(NCC2CC23CCCc2ccccc23)nn1. The summed E-state index contributed by atoms with van der Waals surface area (Å²) in [6, 6.07) is 12.2. The van der Waals surface area contributed by atoms with Crippen LogP contribution in [0.4, 0.5) is 5.82 Å². The maximum Gasteiger partial charge on any atom is 0.269 e. The molecule has 1 aromatic carbocycles. The molecule has 1 aromatic heterocycles. The van der Waals surface area contributed by atoms with Gasteiger partial charge in [-0.2, -0.15) is 0 Å². The molecule has 1 saturated carbocycles. The first kappa shape index (κ1) is 14.2. The van der Waals surface area contributed by atoms with Gasteiger partial charge >= 0.3 is 0 Å². The zero-order chi connectivity index (χ0) is 15.9. The lowest BCUT2D eigenvalue weighted by Gasteiger charge is -2.26. The van der Waals surface area contributed by atoms with Crippen molar-refractivity contribution in [3.05, 3.63) is 53.2 Å². The number of nitrogens with two attached hydrogens (primary N) is 1. The summed E-state index contributed by atoms with van der Waals surface area (Å²) in [6.07, 6.45) is 5.01. The molecule has 1 heterocycles. The quantitative estimate of drug-likeness (QED) is 0.908. The number of fused-ring (bicyclic) bond motifs is 2. The van der Waals surface area contributed by atoms with Gasteiger partial charge in [0, 0.05) is 12.0 Å². The van der Waals surface area contributed by atoms with Gasteiger partial charge in [0.15, 0.2) is 5.69 Å². The number of rotatable bonds is 4. The largest absolute Gasteiger partial charge is 0.368 e. The minimum Gasteiger partial charge on any atom is -0.368 e. The van der Waals surface area contributed by atoms with Crippen LogP contribution in [0, 0.1) is 5.92 Å². The van der Waals surface area contributed by atoms with Crippen molar-refractivity contribution in [3.63, 3.8) is 0 Å². The molecule has 2 aliphatic rings. The van der Waals surface area contributed by atoms with Crippen molar-refractivity contribution in [2.24, 2.45) is 11.7 Å². The monoisotopic (exact) mass is 308 g/mol. The Labute approximate surface area is 135 Å². The van der Waals surface area contributed by atoms with Crippen LogP contribution in [-0.4, -0.2) is 22.6 Å². The number of aryl methyl sites for hydroxylation is 1. The molecule has 1 fully saturated rings. The van der Waals surface area contributed by atoms with Gasteiger partial charge in [-0.25, -0.2) is 0 Å². The first-order chi connectivity index (χ1) is 11.2. The fraction of sp³-hybridized carbons (Fsp3) is 0.389. The summed E-state index contributed by atoms with van der Waals surface area (Å²) in [7, 11) is 0. The predicted molar refractivity (Wildman–Crippen MR) is 88.2 cm³/mol. The molecule has 0 saturated heterocycles. The van der Waals surface area contributed by atoms with Crippen molar-refractivity contribution in [2.75, 3.05) is 11.9 Å². The van der Waals surface area contributed by atoms with Crippen LogP contribution in [0.1, 0.15) is 40.9 Å². The van der Waals surface area contributed by atoms with Gasteiger partial charge in [0.25, 0.3) is 5.91 Å². The topological polar surface area (TPSA) is 80.9 Å². The fourth-order valence-electron chi connectivity index (χ4n) is 4.02. The summed E-state index contributed by atoms with van der Waals surface area (Å²) < 4.78 is 0. The van der Waals surface area contributed by atoms with E-state index in [1.165, 1.54) is 31.2 Å². The van der Waals surface area contributed by atoms with Crippen LogP contribution in [0.2, 0.25) is 0 Å². The van der Waals surface area contributed by atoms with Crippen LogP contribution < -0.4 is 11.1 Å². The van der Waals surface area contributed by atoms with E-state index in [-0.39, 0.29) is 5.69 Å². The number of carbonyl (C=O) groups excluding carboxylic acids is 1. The molecule has 1 spiro atoms. The average molecular weight is 308 g/mol. The molecule has 0 radical (unpaired) electrons. The van der Waals surface area contributed by atoms with Gasteiger partial charge in [-0.1, -0.05) is 24.3 Å². The molecule has 5 heteroatoms. The third kappa shape index (κ3) is 2.46. The fourth-order valence-corrected chi connectivity index (χ4v) is 4.02. The number of hydrogen-bond acceptors (Lipinski definition) is 4. The standard InChI is InChI=1S/C18H20N4O/c19-17(23)15-7-8-16(22-21-15)20-11-13-10-18(13)9-3-5-12-4-1-2-6-14(12)18/h1-2,4,6-8,13H,3,5,9-11H2,(H2,19,23)(H,20,22). The van der Waals surface area contributed by atoms with E-state index >= 15 is 0 Å². The molecule has 3 N–H and O–H groups in total. The van der Waals surface area contributed by atoms with E-state index in [0.717, 1.165) is 6.54 Å². The Balaban J connectivity index is 1.44. The molecule has 0 bridgehead atoms. The van der Waals surface area contributed by atoms with Gasteiger partial charge in [0.2, 0.25) is 0 Å². The number of aromatic nitrogens is 2. The van der Waals surface area contributed by atoms with Crippen molar-refractivity contribution < 1.29 is 4.79 Å². The summed E-state index contributed by atoms with van der Waals surface area (Å²) in [4.78, 5) is 11.0. The number of nitrogens with one attached hydrogen (secondary N) is 1. The molecule has 2 atom stereocenters. The number of hydrogen-bond donors (Lipinski definition) is 2. The van der Waals surface area contributed by atoms with Gasteiger partial charge in [0.1, 0.15) is 5.82 Å². The zero-order valence-electron chi connectivity index (χ0n) is 13.0. The van der Waals surface area contributed by atoms with Crippen molar-refractivity contribution in [1.82, 2.24) is 10.2 Å². The highest BCUT2D eigenvalue weighted by Gasteiger charge is 2.55. The third-order valence-electron chi connectivity index (χ3n) is 5.30. The van der Waals surface area contributed by atoms with Crippen molar-refractivity contribution in [2.45, 2.75) is 31.1 Å². The molecule has 2 aliphatic carbocycles. The van der Waals surface area contributed by atoms with Gasteiger partial charge in [0.05, 0.1) is 0 Å². The van der Waals surface area contributed by atoms with E-state index in [9.17, 15) is 4.79 Å². The molecule has 5 nitrogen and oxygen atoms in total. The molecule has 118 valence electrons. The van der Waals surface area contributed by atoms with Gasteiger partial charge in [-0.3, -0.25) is 4.79 Å². The maximum atomic E-state index is 11.0. The highest BCUT2D eigenvalue weighted by atomic mass is 16.1. The summed E-state index contributed by atoms with van der Waals surface area (Å²) in [5.74, 6) is 0.784. The number of primary amides is 1. The van der Waals surface area contributed by atoms with Crippen LogP contribution >= 0.6 is 0 Å². The smallest absolute Gasteiger partial charge is 0.269 e. The second kappa shape index (κ2) is 5.33. The van der Waals surface area contributed by atoms with E-state index < -0.39 is 5.91 Å². The first-order valence-electron chi connectivity index (χ1n) is 8.15. The Kier molecular flexibility index (Phi) is 3.29. The second-order valence-electron chi connectivity index (χ2n) is 6.62. The molecule has 0 aliphatic heterocycles. The van der Waals surface area contributed by atoms with Crippen molar-refractivity contribution in [3.8, 4) is 0 Å². The van der Waals surface area contributed by atoms with E-state index in [2.05, 4.69) is 39.8 Å². The maximum absolute atomic E-state index is 11.0. The van der Waals surface area contributed by atoms with Gasteiger partial charge in [-0.05, 0) is 54.9 Å². The molecule has 2 aromatic rings. The Bertz CT molecular complexity index is 743. The Hall–Kier alpha value is -2.43. The molecule has 1 amide bonds. The highest BCUT2D eigenvalue weighted by molar-refractivity contribution is 5.90. The summed E-state index contributed by atoms with van der Waals surface area (Å²) >= 11 is 0. The number of anilines is 1. The normalized spacial score (nSPS) is 25.0. The summed E-state index contributed by atoms with van der Waals surface area (Å²) in [5, 5.41) is 11.2. The van der Waals surface area contributed by atoms with Crippen molar-refractivity contribution in [1.29, 1.82) is 0 Å². The zero-order valence-corrected chi connectivity index (χ0v) is 13.0. The van der Waals surface area contributed by atoms with Gasteiger partial charge < -0.3 is 11.1 Å². The highest BCUT2D eigenvalue weighted by Crippen LogP contribution is 2.60. The van der Waals surface area contributed by atoms with Crippen LogP contribution in [-0.2, 0) is 11.8 Å². The van der Waals surface area contributed by atoms with E-state index in [4.69, 9.17) is 5.73 Å². The predicted octanol–water partition coefficient (Wildman–Crippen LogP) is 2.28. The summed E-state index contributed by atoms with van der Waals surface area (Å²) in [6.45, 7) is 0.888. The minimum atomic E-state index is -0.552. The number of nitrogens with zero attached hydrogens (tertiary/aromatic N) is 2. The third-order valence-corrected chi connectivity index (χ3v) is 5.30. The number of benzene rings is 1. The Morgan fingerprint density at radius 1 is 1.26 bits per heavy atom. The van der Waals surface area contributed by atoms with Crippen molar-refractivity contribution >= 4 is 11.7 Å². The first-order valence-corrected chi connectivity index (χ1v) is 8.15. The van der Waals surface area contributed by atoms with Crippen LogP contribution in [0.15, 0.2) is 36.4 Å². The van der Waals surface area contributed by atoms with E-state index in [1.807, 2.05) is 0 Å². The van der Waals surface area contributed by atoms with Gasteiger partial charge in [-0.15, -0.1) is 10.2 Å². The summed E-state index contributed by atoms with van der Waals surface area (Å²) in [5.41, 5.74) is 8.80. The lowest BCUT2D eigenvalue weighted by atomic mass is 9.78.